The lowest BCUT2D eigenvalue weighted by Crippen LogP contribution is -2.57. The van der Waals surface area contributed by atoms with Gasteiger partial charge in [-0.3, -0.25) is 4.90 Å². The van der Waals surface area contributed by atoms with E-state index >= 15 is 0 Å². The third-order valence-electron chi connectivity index (χ3n) is 3.76. The number of likely N-dealkylation sites (tertiary alicyclic amines) is 1. The van der Waals surface area contributed by atoms with Crippen LogP contribution in [0.1, 0.15) is 40.5 Å². The van der Waals surface area contributed by atoms with Crippen molar-refractivity contribution >= 4 is 12.1 Å². The SMILES string of the molecule is CCOC(=O)C1C2CC(N1C(=O)OC(C)(C)C)C(F)(F)C2. The number of rotatable bonds is 2. The summed E-state index contributed by atoms with van der Waals surface area (Å²) in [6.07, 6.45) is -1.16. The first-order valence-electron chi connectivity index (χ1n) is 7.12. The lowest BCUT2D eigenvalue weighted by molar-refractivity contribution is -0.157. The van der Waals surface area contributed by atoms with Crippen LogP contribution in [0.5, 0.6) is 0 Å². The van der Waals surface area contributed by atoms with E-state index in [-0.39, 0.29) is 19.4 Å². The molecule has 120 valence electrons. The van der Waals surface area contributed by atoms with Crippen LogP contribution in [0, 0.1) is 5.92 Å². The second-order valence-corrected chi connectivity index (χ2v) is 6.56. The maximum atomic E-state index is 13.9. The van der Waals surface area contributed by atoms with E-state index in [9.17, 15) is 18.4 Å². The molecule has 0 radical (unpaired) electrons. The average Bonchev–Trinajstić information content (AvgIpc) is 2.79. The number of nitrogens with zero attached hydrogens (tertiary/aromatic N) is 1. The Morgan fingerprint density at radius 2 is 1.95 bits per heavy atom. The zero-order valence-corrected chi connectivity index (χ0v) is 12.7. The number of hydrogen-bond donors (Lipinski definition) is 0. The van der Waals surface area contributed by atoms with Gasteiger partial charge in [-0.15, -0.1) is 0 Å². The van der Waals surface area contributed by atoms with Gasteiger partial charge in [-0.2, -0.15) is 0 Å². The molecule has 1 heterocycles. The number of amides is 1. The highest BCUT2D eigenvalue weighted by Gasteiger charge is 2.65. The maximum Gasteiger partial charge on any atom is 0.411 e. The van der Waals surface area contributed by atoms with E-state index in [1.807, 2.05) is 0 Å². The van der Waals surface area contributed by atoms with E-state index in [2.05, 4.69) is 0 Å². The predicted octanol–water partition coefficient (Wildman–Crippen LogP) is 2.58. The number of hydrogen-bond acceptors (Lipinski definition) is 4. The average molecular weight is 305 g/mol. The Hall–Kier alpha value is -1.40. The molecule has 0 spiro atoms. The summed E-state index contributed by atoms with van der Waals surface area (Å²) in [6.45, 7) is 6.73. The molecule has 0 aromatic heterocycles. The third-order valence-corrected chi connectivity index (χ3v) is 3.76. The summed E-state index contributed by atoms with van der Waals surface area (Å²) in [7, 11) is 0. The van der Waals surface area contributed by atoms with E-state index in [1.54, 1.807) is 27.7 Å². The highest BCUT2D eigenvalue weighted by atomic mass is 19.3. The smallest absolute Gasteiger partial charge is 0.411 e. The molecule has 1 saturated heterocycles. The van der Waals surface area contributed by atoms with Gasteiger partial charge >= 0.3 is 12.1 Å². The first-order valence-corrected chi connectivity index (χ1v) is 7.12. The van der Waals surface area contributed by atoms with Gasteiger partial charge in [0.1, 0.15) is 11.6 Å². The Morgan fingerprint density at radius 3 is 2.48 bits per heavy atom. The van der Waals surface area contributed by atoms with Gasteiger partial charge in [0.25, 0.3) is 5.92 Å². The van der Waals surface area contributed by atoms with Crippen molar-refractivity contribution in [3.05, 3.63) is 0 Å². The van der Waals surface area contributed by atoms with Crippen molar-refractivity contribution in [2.24, 2.45) is 5.92 Å². The Balaban J connectivity index is 2.24. The number of carbonyl (C=O) groups excluding carboxylic acids is 2. The van der Waals surface area contributed by atoms with Crippen LogP contribution >= 0.6 is 0 Å². The fourth-order valence-electron chi connectivity index (χ4n) is 3.10. The molecule has 2 aliphatic rings. The molecule has 0 N–H and O–H groups in total. The number of alkyl halides is 2. The molecule has 3 unspecified atom stereocenters. The van der Waals surface area contributed by atoms with Gasteiger partial charge in [0.05, 0.1) is 12.6 Å². The molecule has 2 fully saturated rings. The Bertz CT molecular complexity index is 447. The highest BCUT2D eigenvalue weighted by molar-refractivity contribution is 5.83. The standard InChI is InChI=1S/C14H21F2NO4/c1-5-20-11(18)10-8-6-9(14(15,16)7-8)17(10)12(19)21-13(2,3)4/h8-10H,5-7H2,1-4H3. The zero-order valence-electron chi connectivity index (χ0n) is 12.7. The van der Waals surface area contributed by atoms with Crippen molar-refractivity contribution in [1.82, 2.24) is 4.90 Å². The van der Waals surface area contributed by atoms with Crippen LogP contribution in [0.4, 0.5) is 13.6 Å². The second-order valence-electron chi connectivity index (χ2n) is 6.56. The summed E-state index contributed by atoms with van der Waals surface area (Å²) in [5.74, 6) is -4.19. The summed E-state index contributed by atoms with van der Waals surface area (Å²) in [6, 6.07) is -2.25. The lowest BCUT2D eigenvalue weighted by Gasteiger charge is -2.38. The number of fused-ring (bicyclic) bond motifs is 2. The number of esters is 1. The minimum absolute atomic E-state index is 0.107. The predicted molar refractivity (Wildman–Crippen MR) is 70.0 cm³/mol. The first kappa shape index (κ1) is 16.0. The number of carbonyl (C=O) groups is 2. The molecule has 3 atom stereocenters. The molecule has 2 rings (SSSR count). The van der Waals surface area contributed by atoms with E-state index < -0.39 is 41.6 Å². The quantitative estimate of drug-likeness (QED) is 0.736. The van der Waals surface area contributed by atoms with Crippen molar-refractivity contribution in [1.29, 1.82) is 0 Å². The summed E-state index contributed by atoms with van der Waals surface area (Å²) >= 11 is 0. The molecular formula is C14H21F2NO4. The largest absolute Gasteiger partial charge is 0.464 e. The van der Waals surface area contributed by atoms with Crippen LogP contribution in [-0.4, -0.2) is 47.2 Å². The van der Waals surface area contributed by atoms with E-state index in [1.165, 1.54) is 0 Å². The van der Waals surface area contributed by atoms with Crippen LogP contribution in [0.2, 0.25) is 0 Å². The molecule has 0 aromatic rings. The maximum absolute atomic E-state index is 13.9. The van der Waals surface area contributed by atoms with Crippen molar-refractivity contribution in [3.63, 3.8) is 0 Å². The monoisotopic (exact) mass is 305 g/mol. The summed E-state index contributed by atoms with van der Waals surface area (Å²) in [5.41, 5.74) is -0.812. The molecule has 5 nitrogen and oxygen atoms in total. The van der Waals surface area contributed by atoms with Gasteiger partial charge < -0.3 is 9.47 Å². The highest BCUT2D eigenvalue weighted by Crippen LogP contribution is 2.51. The molecule has 21 heavy (non-hydrogen) atoms. The van der Waals surface area contributed by atoms with Crippen molar-refractivity contribution in [2.75, 3.05) is 6.61 Å². The molecule has 1 aliphatic carbocycles. The van der Waals surface area contributed by atoms with E-state index in [0.717, 1.165) is 4.90 Å². The second kappa shape index (κ2) is 5.10. The number of piperidine rings is 1. The summed E-state index contributed by atoms with van der Waals surface area (Å²) in [4.78, 5) is 25.1. The van der Waals surface area contributed by atoms with Gasteiger partial charge in [0.2, 0.25) is 0 Å². The summed E-state index contributed by atoms with van der Waals surface area (Å²) < 4.78 is 37.9. The molecule has 1 amide bonds. The fraction of sp³-hybridized carbons (Fsp3) is 0.857. The van der Waals surface area contributed by atoms with Gasteiger partial charge in [-0.1, -0.05) is 0 Å². The van der Waals surface area contributed by atoms with Gasteiger partial charge in [-0.25, -0.2) is 18.4 Å². The van der Waals surface area contributed by atoms with Crippen LogP contribution < -0.4 is 0 Å². The zero-order chi connectivity index (χ0) is 16.0. The number of ether oxygens (including phenoxy) is 2. The Morgan fingerprint density at radius 1 is 1.33 bits per heavy atom. The topological polar surface area (TPSA) is 55.8 Å². The molecule has 0 aromatic carbocycles. The lowest BCUT2D eigenvalue weighted by atomic mass is 9.97. The summed E-state index contributed by atoms with van der Waals surface area (Å²) in [5, 5.41) is 0. The molecular weight excluding hydrogens is 284 g/mol. The molecule has 1 saturated carbocycles. The van der Waals surface area contributed by atoms with E-state index in [0.29, 0.717) is 0 Å². The van der Waals surface area contributed by atoms with Gasteiger partial charge in [0.15, 0.2) is 0 Å². The Labute approximate surface area is 122 Å². The van der Waals surface area contributed by atoms with Crippen molar-refractivity contribution in [2.45, 2.75) is 64.1 Å². The first-order chi connectivity index (χ1) is 9.57. The van der Waals surface area contributed by atoms with Crippen LogP contribution in [0.3, 0.4) is 0 Å². The Kier molecular flexibility index (Phi) is 3.88. The van der Waals surface area contributed by atoms with Crippen molar-refractivity contribution in [3.8, 4) is 0 Å². The van der Waals surface area contributed by atoms with Crippen LogP contribution in [0.15, 0.2) is 0 Å². The van der Waals surface area contributed by atoms with Crippen molar-refractivity contribution < 1.29 is 27.8 Å². The molecule has 1 aliphatic heterocycles. The minimum atomic E-state index is -2.98. The molecule has 2 bridgehead atoms. The number of halogens is 2. The fourth-order valence-corrected chi connectivity index (χ4v) is 3.10. The molecule has 7 heteroatoms. The third kappa shape index (κ3) is 2.96. The minimum Gasteiger partial charge on any atom is -0.464 e. The van der Waals surface area contributed by atoms with Crippen LogP contribution in [-0.2, 0) is 14.3 Å². The van der Waals surface area contributed by atoms with E-state index in [4.69, 9.17) is 9.47 Å². The van der Waals surface area contributed by atoms with Gasteiger partial charge in [0, 0.05) is 6.42 Å². The normalized spacial score (nSPS) is 30.4. The van der Waals surface area contributed by atoms with Crippen LogP contribution in [0.25, 0.3) is 0 Å². The van der Waals surface area contributed by atoms with Gasteiger partial charge in [-0.05, 0) is 40.0 Å².